The highest BCUT2D eigenvalue weighted by Gasteiger charge is 2.33. The molecule has 0 unspecified atom stereocenters. The number of phenolic OH excluding ortho intramolecular Hbond substituents is 1. The van der Waals surface area contributed by atoms with E-state index in [-0.39, 0.29) is 10.8 Å². The molecule has 0 bridgehead atoms. The predicted octanol–water partition coefficient (Wildman–Crippen LogP) is 15.0. The topological polar surface area (TPSA) is 60.7 Å². The van der Waals surface area contributed by atoms with E-state index in [2.05, 4.69) is 140 Å². The summed E-state index contributed by atoms with van der Waals surface area (Å²) in [5.41, 5.74) is 12.7. The van der Waals surface area contributed by atoms with Crippen molar-refractivity contribution in [2.45, 2.75) is 187 Å². The molecule has 0 aromatic heterocycles. The van der Waals surface area contributed by atoms with Gasteiger partial charge in [0.25, 0.3) is 0 Å². The van der Waals surface area contributed by atoms with E-state index in [1.54, 1.807) is 0 Å². The van der Waals surface area contributed by atoms with Gasteiger partial charge in [-0.15, -0.1) is 0 Å². The second kappa shape index (κ2) is 20.8. The van der Waals surface area contributed by atoms with Crippen molar-refractivity contribution in [1.29, 1.82) is 0 Å². The molecule has 0 radical (unpaired) electrons. The van der Waals surface area contributed by atoms with Gasteiger partial charge in [-0.3, -0.25) is 0 Å². The number of hydrogen-bond acceptors (Lipinski definition) is 3. The maximum absolute atomic E-state index is 11.0. The molecule has 2 aliphatic rings. The minimum atomic E-state index is -0.651. The monoisotopic (exact) mass is 811 g/mol. The van der Waals surface area contributed by atoms with Crippen molar-refractivity contribution in [3.05, 3.63) is 146 Å². The Kier molecular flexibility index (Phi) is 16.3. The van der Waals surface area contributed by atoms with Crippen LogP contribution in [-0.2, 0) is 10.8 Å². The number of benzene rings is 4. The van der Waals surface area contributed by atoms with Crippen LogP contribution in [0.5, 0.6) is 5.75 Å². The van der Waals surface area contributed by atoms with Crippen molar-refractivity contribution >= 4 is 12.2 Å². The third kappa shape index (κ3) is 10.9. The van der Waals surface area contributed by atoms with Crippen molar-refractivity contribution in [3.8, 4) is 5.75 Å². The Hall–Kier alpha value is -3.92. The summed E-state index contributed by atoms with van der Waals surface area (Å²) in [4.78, 5) is 0. The predicted molar refractivity (Wildman–Crippen MR) is 257 cm³/mol. The van der Waals surface area contributed by atoms with Crippen molar-refractivity contribution in [3.63, 3.8) is 0 Å². The third-order valence-corrected chi connectivity index (χ3v) is 15.0. The van der Waals surface area contributed by atoms with E-state index in [0.717, 1.165) is 82.6 Å². The van der Waals surface area contributed by atoms with Gasteiger partial charge in [0.2, 0.25) is 0 Å². The Labute approximate surface area is 365 Å². The molecular weight excluding hydrogens is 733 g/mol. The van der Waals surface area contributed by atoms with E-state index < -0.39 is 11.2 Å². The lowest BCUT2D eigenvalue weighted by Gasteiger charge is -2.34. The van der Waals surface area contributed by atoms with Crippen LogP contribution in [0.4, 0.5) is 0 Å². The van der Waals surface area contributed by atoms with Gasteiger partial charge in [-0.05, 0) is 153 Å². The first-order valence-corrected chi connectivity index (χ1v) is 23.6. The van der Waals surface area contributed by atoms with Crippen molar-refractivity contribution < 1.29 is 15.3 Å². The first kappa shape index (κ1) is 47.1. The molecule has 2 saturated carbocycles. The average molecular weight is 811 g/mol. The van der Waals surface area contributed by atoms with Gasteiger partial charge in [-0.1, -0.05) is 170 Å². The maximum atomic E-state index is 11.0. The van der Waals surface area contributed by atoms with Gasteiger partial charge in [0, 0.05) is 10.8 Å². The molecule has 0 saturated heterocycles. The Morgan fingerprint density at radius 1 is 0.433 bits per heavy atom. The molecule has 3 heteroatoms. The van der Waals surface area contributed by atoms with Crippen LogP contribution in [0.3, 0.4) is 0 Å². The zero-order valence-electron chi connectivity index (χ0n) is 38.9. The summed E-state index contributed by atoms with van der Waals surface area (Å²) < 4.78 is 0. The Balaban J connectivity index is 0.000000228. The molecule has 0 atom stereocenters. The van der Waals surface area contributed by atoms with Crippen LogP contribution < -0.4 is 0 Å². The standard InChI is InChI=1S/C29H40O.C28H38O2/c1-6-29(7-2,26-14-12-22(3)23(4)20-26)27-15-13-25(24(5)21-27)16-19-28(30)17-10-8-9-11-18-28;1-5-28(6-2,25-13-14-26(29)22(4)20-25)24-12-11-23(21(3)19-24)15-18-27(30)16-9-7-8-10-17-27/h12-16,19-21,30H,6-11,17-18H2,1-5H3;11-15,18-20,29-30H,5-10,16-17H2,1-4H3/b19-16+;18-15+. The molecule has 0 spiro atoms. The molecule has 3 nitrogen and oxygen atoms in total. The Morgan fingerprint density at radius 3 is 1.10 bits per heavy atom. The summed E-state index contributed by atoms with van der Waals surface area (Å²) in [5.74, 6) is 0.355. The summed E-state index contributed by atoms with van der Waals surface area (Å²) in [5, 5.41) is 31.9. The lowest BCUT2D eigenvalue weighted by molar-refractivity contribution is 0.0751. The average Bonchev–Trinajstić information content (AvgIpc) is 3.61. The molecule has 60 heavy (non-hydrogen) atoms. The van der Waals surface area contributed by atoms with Crippen molar-refractivity contribution in [1.82, 2.24) is 0 Å². The minimum absolute atomic E-state index is 0.0466. The normalized spacial score (nSPS) is 17.2. The molecule has 2 fully saturated rings. The smallest absolute Gasteiger partial charge is 0.118 e. The number of aromatic hydroxyl groups is 1. The van der Waals surface area contributed by atoms with E-state index >= 15 is 0 Å². The number of hydrogen-bond donors (Lipinski definition) is 3. The summed E-state index contributed by atoms with van der Waals surface area (Å²) in [6, 6.07) is 26.7. The second-order valence-corrected chi connectivity index (χ2v) is 18.7. The largest absolute Gasteiger partial charge is 0.508 e. The van der Waals surface area contributed by atoms with Crippen molar-refractivity contribution in [2.24, 2.45) is 0 Å². The van der Waals surface area contributed by atoms with Crippen LogP contribution in [0.25, 0.3) is 12.2 Å². The van der Waals surface area contributed by atoms with Gasteiger partial charge < -0.3 is 15.3 Å². The molecule has 324 valence electrons. The summed E-state index contributed by atoms with van der Waals surface area (Å²) in [6.07, 6.45) is 25.5. The first-order chi connectivity index (χ1) is 28.7. The molecule has 4 aromatic carbocycles. The van der Waals surface area contributed by atoms with Gasteiger partial charge in [0.05, 0.1) is 11.2 Å². The number of aryl methyl sites for hydroxylation is 5. The van der Waals surface area contributed by atoms with Gasteiger partial charge in [-0.2, -0.15) is 0 Å². The van der Waals surface area contributed by atoms with Crippen LogP contribution in [0.2, 0.25) is 0 Å². The highest BCUT2D eigenvalue weighted by Crippen LogP contribution is 2.42. The van der Waals surface area contributed by atoms with Crippen LogP contribution in [0, 0.1) is 34.6 Å². The van der Waals surface area contributed by atoms with Crippen LogP contribution in [0.1, 0.15) is 192 Å². The fraction of sp³-hybridized carbons (Fsp3) is 0.509. The lowest BCUT2D eigenvalue weighted by atomic mass is 9.69. The van der Waals surface area contributed by atoms with E-state index in [1.807, 2.05) is 19.1 Å². The van der Waals surface area contributed by atoms with E-state index in [9.17, 15) is 15.3 Å². The zero-order valence-corrected chi connectivity index (χ0v) is 38.9. The van der Waals surface area contributed by atoms with Gasteiger partial charge >= 0.3 is 0 Å². The van der Waals surface area contributed by atoms with Crippen LogP contribution in [0.15, 0.2) is 84.9 Å². The quantitative estimate of drug-likeness (QED) is 0.125. The Morgan fingerprint density at radius 2 is 0.767 bits per heavy atom. The summed E-state index contributed by atoms with van der Waals surface area (Å²) in [6.45, 7) is 19.8. The number of rotatable bonds is 12. The lowest BCUT2D eigenvalue weighted by Crippen LogP contribution is -2.26. The van der Waals surface area contributed by atoms with E-state index in [0.29, 0.717) is 5.75 Å². The zero-order chi connectivity index (χ0) is 43.6. The van der Waals surface area contributed by atoms with Gasteiger partial charge in [-0.25, -0.2) is 0 Å². The van der Waals surface area contributed by atoms with E-state index in [4.69, 9.17) is 0 Å². The molecule has 6 rings (SSSR count). The number of phenols is 1. The fourth-order valence-electron chi connectivity index (χ4n) is 10.3. The first-order valence-electron chi connectivity index (χ1n) is 23.6. The molecule has 4 aromatic rings. The van der Waals surface area contributed by atoms with Gasteiger partial charge in [0.15, 0.2) is 0 Å². The van der Waals surface area contributed by atoms with Crippen LogP contribution in [-0.4, -0.2) is 26.5 Å². The minimum Gasteiger partial charge on any atom is -0.508 e. The van der Waals surface area contributed by atoms with Crippen molar-refractivity contribution in [2.75, 3.05) is 0 Å². The fourth-order valence-corrected chi connectivity index (χ4v) is 10.3. The maximum Gasteiger partial charge on any atom is 0.118 e. The molecule has 3 N–H and O–H groups in total. The van der Waals surface area contributed by atoms with Crippen LogP contribution >= 0.6 is 0 Å². The molecule has 2 aliphatic carbocycles. The third-order valence-electron chi connectivity index (χ3n) is 15.0. The number of aliphatic hydroxyl groups is 2. The highest BCUT2D eigenvalue weighted by atomic mass is 16.3. The van der Waals surface area contributed by atoms with E-state index in [1.165, 1.54) is 81.3 Å². The highest BCUT2D eigenvalue weighted by molar-refractivity contribution is 5.58. The van der Waals surface area contributed by atoms with Gasteiger partial charge in [0.1, 0.15) is 5.75 Å². The molecule has 0 heterocycles. The summed E-state index contributed by atoms with van der Waals surface area (Å²) >= 11 is 0. The molecular formula is C57H78O3. The Bertz CT molecular complexity index is 1910. The molecule has 0 amide bonds. The molecule has 0 aliphatic heterocycles. The second-order valence-electron chi connectivity index (χ2n) is 18.7. The summed E-state index contributed by atoms with van der Waals surface area (Å²) in [7, 11) is 0. The SMILES string of the molecule is CCC(CC)(c1ccc(C)c(C)c1)c1ccc(/C=C/C2(O)CCCCCC2)c(C)c1.CCC(CC)(c1ccc(O)c(C)c1)c1ccc(/C=C/C2(O)CCCCCC2)c(C)c1.